The van der Waals surface area contributed by atoms with Crippen LogP contribution in [0.4, 0.5) is 5.69 Å². The van der Waals surface area contributed by atoms with Gasteiger partial charge in [-0.05, 0) is 38.1 Å². The second-order valence-electron chi connectivity index (χ2n) is 3.60. The normalized spacial score (nSPS) is 14.4. The predicted octanol–water partition coefficient (Wildman–Crippen LogP) is 2.53. The van der Waals surface area contributed by atoms with Crippen LogP contribution in [0.3, 0.4) is 0 Å². The van der Waals surface area contributed by atoms with Gasteiger partial charge < -0.3 is 14.8 Å². The van der Waals surface area contributed by atoms with Crippen molar-refractivity contribution in [3.8, 4) is 5.75 Å². The summed E-state index contributed by atoms with van der Waals surface area (Å²) in [6.07, 6.45) is 0.187. The van der Waals surface area contributed by atoms with Crippen molar-refractivity contribution >= 4 is 5.69 Å². The number of methoxy groups -OCH3 is 2. The summed E-state index contributed by atoms with van der Waals surface area (Å²) in [6, 6.07) is 8.15. The molecular formula is C12H19NO2. The Hall–Kier alpha value is -1.22. The topological polar surface area (TPSA) is 30.5 Å². The van der Waals surface area contributed by atoms with Gasteiger partial charge in [-0.15, -0.1) is 0 Å². The van der Waals surface area contributed by atoms with Gasteiger partial charge >= 0.3 is 0 Å². The number of hydrogen-bond acceptors (Lipinski definition) is 3. The monoisotopic (exact) mass is 209 g/mol. The van der Waals surface area contributed by atoms with Crippen molar-refractivity contribution in [3.05, 3.63) is 24.3 Å². The Bertz CT molecular complexity index is 284. The Balaban J connectivity index is 2.57. The first-order valence-corrected chi connectivity index (χ1v) is 5.10. The molecule has 0 spiro atoms. The molecule has 0 aliphatic carbocycles. The fraction of sp³-hybridized carbons (Fsp3) is 0.500. The van der Waals surface area contributed by atoms with Crippen molar-refractivity contribution in [2.24, 2.45) is 0 Å². The highest BCUT2D eigenvalue weighted by Gasteiger charge is 2.10. The average molecular weight is 209 g/mol. The van der Waals surface area contributed by atoms with E-state index < -0.39 is 0 Å². The van der Waals surface area contributed by atoms with Gasteiger partial charge in [0.15, 0.2) is 0 Å². The standard InChI is InChI=1S/C12H19NO2/c1-9(10(2)14-3)13-11-5-7-12(15-4)8-6-11/h5-10,13H,1-4H3. The molecular weight excluding hydrogens is 190 g/mol. The highest BCUT2D eigenvalue weighted by Crippen LogP contribution is 2.16. The second-order valence-corrected chi connectivity index (χ2v) is 3.60. The zero-order valence-electron chi connectivity index (χ0n) is 9.78. The smallest absolute Gasteiger partial charge is 0.119 e. The van der Waals surface area contributed by atoms with Crippen LogP contribution >= 0.6 is 0 Å². The highest BCUT2D eigenvalue weighted by atomic mass is 16.5. The number of anilines is 1. The van der Waals surface area contributed by atoms with E-state index in [4.69, 9.17) is 9.47 Å². The molecule has 0 fully saturated rings. The molecule has 0 saturated carbocycles. The lowest BCUT2D eigenvalue weighted by atomic mass is 10.2. The maximum Gasteiger partial charge on any atom is 0.119 e. The largest absolute Gasteiger partial charge is 0.497 e. The molecule has 1 aromatic rings. The van der Waals surface area contributed by atoms with Crippen LogP contribution in [-0.4, -0.2) is 26.4 Å². The van der Waals surface area contributed by atoms with Gasteiger partial charge in [0, 0.05) is 18.8 Å². The van der Waals surface area contributed by atoms with E-state index in [1.54, 1.807) is 14.2 Å². The summed E-state index contributed by atoms with van der Waals surface area (Å²) < 4.78 is 10.3. The summed E-state index contributed by atoms with van der Waals surface area (Å²) in [6.45, 7) is 4.14. The molecule has 0 amide bonds. The molecule has 0 aliphatic heterocycles. The average Bonchev–Trinajstić information content (AvgIpc) is 2.29. The first kappa shape index (κ1) is 11.9. The van der Waals surface area contributed by atoms with Crippen LogP contribution in [0.2, 0.25) is 0 Å². The van der Waals surface area contributed by atoms with Crippen molar-refractivity contribution in [1.82, 2.24) is 0 Å². The van der Waals surface area contributed by atoms with Gasteiger partial charge in [-0.3, -0.25) is 0 Å². The van der Waals surface area contributed by atoms with E-state index in [0.717, 1.165) is 11.4 Å². The molecule has 15 heavy (non-hydrogen) atoms. The van der Waals surface area contributed by atoms with E-state index in [9.17, 15) is 0 Å². The summed E-state index contributed by atoms with van der Waals surface area (Å²) in [5.74, 6) is 0.869. The fourth-order valence-electron chi connectivity index (χ4n) is 1.27. The van der Waals surface area contributed by atoms with Crippen LogP contribution in [0.15, 0.2) is 24.3 Å². The molecule has 0 bridgehead atoms. The van der Waals surface area contributed by atoms with Crippen LogP contribution in [-0.2, 0) is 4.74 Å². The summed E-state index contributed by atoms with van der Waals surface area (Å²) >= 11 is 0. The van der Waals surface area contributed by atoms with E-state index in [1.807, 2.05) is 31.2 Å². The van der Waals surface area contributed by atoms with Gasteiger partial charge in [0.05, 0.1) is 13.2 Å². The second kappa shape index (κ2) is 5.61. The lowest BCUT2D eigenvalue weighted by Gasteiger charge is -2.21. The van der Waals surface area contributed by atoms with Crippen molar-refractivity contribution in [3.63, 3.8) is 0 Å². The molecule has 2 atom stereocenters. The zero-order chi connectivity index (χ0) is 11.3. The molecule has 0 saturated heterocycles. The molecule has 3 heteroatoms. The van der Waals surface area contributed by atoms with E-state index in [-0.39, 0.29) is 12.1 Å². The van der Waals surface area contributed by atoms with Crippen LogP contribution in [0, 0.1) is 0 Å². The molecule has 0 aromatic heterocycles. The van der Waals surface area contributed by atoms with E-state index in [2.05, 4.69) is 12.2 Å². The van der Waals surface area contributed by atoms with Crippen molar-refractivity contribution in [2.45, 2.75) is 26.0 Å². The van der Waals surface area contributed by atoms with E-state index in [0.29, 0.717) is 0 Å². The van der Waals surface area contributed by atoms with Crippen LogP contribution in [0.25, 0.3) is 0 Å². The molecule has 1 aromatic carbocycles. The number of hydrogen-bond donors (Lipinski definition) is 1. The van der Waals surface area contributed by atoms with Gasteiger partial charge in [-0.1, -0.05) is 0 Å². The van der Waals surface area contributed by atoms with Crippen LogP contribution in [0.5, 0.6) is 5.75 Å². The third kappa shape index (κ3) is 3.44. The number of nitrogens with one attached hydrogen (secondary N) is 1. The molecule has 1 N–H and O–H groups in total. The molecule has 1 rings (SSSR count). The molecule has 3 nitrogen and oxygen atoms in total. The maximum atomic E-state index is 5.24. The number of ether oxygens (including phenoxy) is 2. The number of rotatable bonds is 5. The molecule has 0 radical (unpaired) electrons. The molecule has 84 valence electrons. The zero-order valence-corrected chi connectivity index (χ0v) is 9.78. The Morgan fingerprint density at radius 2 is 1.67 bits per heavy atom. The predicted molar refractivity (Wildman–Crippen MR) is 62.5 cm³/mol. The minimum absolute atomic E-state index is 0.187. The van der Waals surface area contributed by atoms with Gasteiger partial charge in [-0.25, -0.2) is 0 Å². The third-order valence-corrected chi connectivity index (χ3v) is 2.56. The van der Waals surface area contributed by atoms with Gasteiger partial charge in [-0.2, -0.15) is 0 Å². The summed E-state index contributed by atoms with van der Waals surface area (Å²) in [7, 11) is 3.38. The van der Waals surface area contributed by atoms with Gasteiger partial charge in [0.1, 0.15) is 5.75 Å². The van der Waals surface area contributed by atoms with E-state index >= 15 is 0 Å². The lowest BCUT2D eigenvalue weighted by Crippen LogP contribution is -2.29. The van der Waals surface area contributed by atoms with E-state index in [1.165, 1.54) is 0 Å². The summed E-state index contributed by atoms with van der Waals surface area (Å²) in [5.41, 5.74) is 1.08. The summed E-state index contributed by atoms with van der Waals surface area (Å²) in [5, 5.41) is 3.36. The minimum Gasteiger partial charge on any atom is -0.497 e. The molecule has 0 aliphatic rings. The third-order valence-electron chi connectivity index (χ3n) is 2.56. The molecule has 2 unspecified atom stereocenters. The first-order valence-electron chi connectivity index (χ1n) is 5.10. The van der Waals surface area contributed by atoms with Crippen molar-refractivity contribution < 1.29 is 9.47 Å². The van der Waals surface area contributed by atoms with Gasteiger partial charge in [0.2, 0.25) is 0 Å². The summed E-state index contributed by atoms with van der Waals surface area (Å²) in [4.78, 5) is 0. The Morgan fingerprint density at radius 3 is 2.13 bits per heavy atom. The van der Waals surface area contributed by atoms with Gasteiger partial charge in [0.25, 0.3) is 0 Å². The number of benzene rings is 1. The minimum atomic E-state index is 0.187. The van der Waals surface area contributed by atoms with Crippen molar-refractivity contribution in [2.75, 3.05) is 19.5 Å². The Morgan fingerprint density at radius 1 is 1.07 bits per heavy atom. The Kier molecular flexibility index (Phi) is 4.43. The molecule has 0 heterocycles. The van der Waals surface area contributed by atoms with Crippen LogP contribution in [0.1, 0.15) is 13.8 Å². The fourth-order valence-corrected chi connectivity index (χ4v) is 1.27. The quantitative estimate of drug-likeness (QED) is 0.808. The SMILES string of the molecule is COc1ccc(NC(C)C(C)OC)cc1. The van der Waals surface area contributed by atoms with Crippen LogP contribution < -0.4 is 10.1 Å². The Labute approximate surface area is 91.4 Å². The first-order chi connectivity index (χ1) is 7.17. The van der Waals surface area contributed by atoms with Crippen molar-refractivity contribution in [1.29, 1.82) is 0 Å². The highest BCUT2D eigenvalue weighted by molar-refractivity contribution is 5.47. The lowest BCUT2D eigenvalue weighted by molar-refractivity contribution is 0.106. The maximum absolute atomic E-state index is 5.24.